The van der Waals surface area contributed by atoms with Gasteiger partial charge in [0, 0.05) is 12.1 Å². The van der Waals surface area contributed by atoms with Gasteiger partial charge in [0.25, 0.3) is 0 Å². The average Bonchev–Trinajstić information content (AvgIpc) is 3.74. The lowest BCUT2D eigenvalue weighted by Crippen LogP contribution is -2.33. The topological polar surface area (TPSA) is 20.3 Å². The molecule has 0 radical (unpaired) electrons. The molecule has 2 aliphatic carbocycles. The molecule has 3 aliphatic rings. The third-order valence-corrected chi connectivity index (χ3v) is 9.68. The number of aryl methyl sites for hydroxylation is 1. The second kappa shape index (κ2) is 12.2. The Hall–Kier alpha value is -2.78. The van der Waals surface area contributed by atoms with Crippen LogP contribution in [0, 0.1) is 36.4 Å². The van der Waals surface area contributed by atoms with Crippen LogP contribution in [0.4, 0.5) is 4.39 Å². The summed E-state index contributed by atoms with van der Waals surface area (Å²) in [4.78, 5) is 14.4. The molecule has 3 unspecified atom stereocenters. The largest absolute Gasteiger partial charge is 0.299 e. The first kappa shape index (κ1) is 27.8. The van der Waals surface area contributed by atoms with Crippen LogP contribution in [0.15, 0.2) is 77.4 Å². The van der Waals surface area contributed by atoms with E-state index in [-0.39, 0.29) is 11.6 Å². The Morgan fingerprint density at radius 2 is 1.72 bits per heavy atom. The minimum absolute atomic E-state index is 0.0864. The maximum absolute atomic E-state index is 14.1. The monoisotopic (exact) mass is 525 g/mol. The smallest absolute Gasteiger partial charge is 0.156 e. The molecule has 0 spiro atoms. The fraction of sp³-hybridized carbons (Fsp3) is 0.472. The number of hydrogen-bond donors (Lipinski definition) is 0. The van der Waals surface area contributed by atoms with Crippen LogP contribution in [0.1, 0.15) is 76.0 Å². The Morgan fingerprint density at radius 3 is 2.44 bits per heavy atom. The lowest BCUT2D eigenvalue weighted by Gasteiger charge is -2.32. The maximum atomic E-state index is 14.1. The molecule has 0 bridgehead atoms. The van der Waals surface area contributed by atoms with Gasteiger partial charge in [0.15, 0.2) is 5.78 Å². The van der Waals surface area contributed by atoms with Crippen LogP contribution in [0.25, 0.3) is 5.57 Å². The number of piperidine rings is 1. The Labute approximate surface area is 234 Å². The van der Waals surface area contributed by atoms with Crippen molar-refractivity contribution in [2.24, 2.45) is 23.7 Å². The highest BCUT2D eigenvalue weighted by molar-refractivity contribution is 5.95. The molecule has 206 valence electrons. The molecule has 5 rings (SSSR count). The summed E-state index contributed by atoms with van der Waals surface area (Å²) in [5, 5.41) is 0. The van der Waals surface area contributed by atoms with Crippen molar-refractivity contribution >= 4 is 11.4 Å². The van der Waals surface area contributed by atoms with Crippen LogP contribution in [0.3, 0.4) is 0 Å². The molecule has 0 amide bonds. The van der Waals surface area contributed by atoms with E-state index in [1.54, 1.807) is 19.1 Å². The molecule has 2 aromatic carbocycles. The number of benzene rings is 2. The lowest BCUT2D eigenvalue weighted by molar-refractivity contribution is -0.113. The summed E-state index contributed by atoms with van der Waals surface area (Å²) >= 11 is 0. The number of halogens is 1. The third kappa shape index (κ3) is 6.52. The molecular weight excluding hydrogens is 481 g/mol. The van der Waals surface area contributed by atoms with Gasteiger partial charge in [0.1, 0.15) is 5.82 Å². The van der Waals surface area contributed by atoms with E-state index in [0.717, 1.165) is 49.5 Å². The van der Waals surface area contributed by atoms with Gasteiger partial charge in [-0.05, 0) is 124 Å². The molecule has 1 heterocycles. The predicted octanol–water partition coefficient (Wildman–Crippen LogP) is 8.72. The van der Waals surface area contributed by atoms with E-state index in [1.807, 2.05) is 12.1 Å². The van der Waals surface area contributed by atoms with E-state index < -0.39 is 0 Å². The molecule has 1 saturated carbocycles. The normalized spacial score (nSPS) is 22.9. The first-order valence-corrected chi connectivity index (χ1v) is 14.9. The van der Waals surface area contributed by atoms with E-state index in [2.05, 4.69) is 62.1 Å². The van der Waals surface area contributed by atoms with Gasteiger partial charge in [-0.3, -0.25) is 9.69 Å². The van der Waals surface area contributed by atoms with Crippen LogP contribution < -0.4 is 0 Å². The SMILES string of the molecule is CC(=O)C1=CC=C(C/C(=C(\C)C(C)CCC2CCN(Cc3ccccc3F)CC2)c2ccccc2C)C2CC12. The highest BCUT2D eigenvalue weighted by Crippen LogP contribution is 2.54. The van der Waals surface area contributed by atoms with Gasteiger partial charge in [-0.15, -0.1) is 0 Å². The molecule has 2 aromatic rings. The molecule has 1 aliphatic heterocycles. The predicted molar refractivity (Wildman–Crippen MR) is 160 cm³/mol. The molecular formula is C36H44FNO. The van der Waals surface area contributed by atoms with Crippen molar-refractivity contribution in [3.05, 3.63) is 99.9 Å². The number of ketones is 1. The second-order valence-corrected chi connectivity index (χ2v) is 12.3. The highest BCUT2D eigenvalue weighted by atomic mass is 19.1. The highest BCUT2D eigenvalue weighted by Gasteiger charge is 2.45. The van der Waals surface area contributed by atoms with Crippen LogP contribution >= 0.6 is 0 Å². The van der Waals surface area contributed by atoms with Crippen LogP contribution in [-0.2, 0) is 11.3 Å². The Bertz CT molecular complexity index is 1290. The minimum Gasteiger partial charge on any atom is -0.299 e. The van der Waals surface area contributed by atoms with Gasteiger partial charge in [-0.1, -0.05) is 72.7 Å². The van der Waals surface area contributed by atoms with E-state index in [0.29, 0.717) is 17.8 Å². The Morgan fingerprint density at radius 1 is 1.00 bits per heavy atom. The zero-order valence-electron chi connectivity index (χ0n) is 24.2. The summed E-state index contributed by atoms with van der Waals surface area (Å²) in [5.41, 5.74) is 9.05. The van der Waals surface area contributed by atoms with Crippen LogP contribution in [0.2, 0.25) is 0 Å². The number of hydrogen-bond acceptors (Lipinski definition) is 2. The Kier molecular flexibility index (Phi) is 8.67. The van der Waals surface area contributed by atoms with E-state index in [1.165, 1.54) is 53.5 Å². The zero-order valence-corrected chi connectivity index (χ0v) is 24.2. The summed E-state index contributed by atoms with van der Waals surface area (Å²) < 4.78 is 14.1. The number of nitrogens with zero attached hydrogens (tertiary/aromatic N) is 1. The lowest BCUT2D eigenvalue weighted by atomic mass is 9.81. The number of fused-ring (bicyclic) bond motifs is 1. The van der Waals surface area contributed by atoms with E-state index >= 15 is 0 Å². The van der Waals surface area contributed by atoms with Crippen molar-refractivity contribution in [2.45, 2.75) is 72.8 Å². The van der Waals surface area contributed by atoms with Gasteiger partial charge in [0.2, 0.25) is 0 Å². The number of carbonyl (C=O) groups excluding carboxylic acids is 1. The molecule has 0 aromatic heterocycles. The standard InChI is InChI=1S/C36H44FNO/c1-24(13-14-28-17-19-38(20-18-28)23-30-10-6-8-12-36(30)37)26(3)33(31-11-7-5-9-25(31)2)21-29-15-16-32(27(4)39)35-22-34(29)35/h5-12,15-16,24,28,34-35H,13-14,17-23H2,1-4H3/b33-26-. The van der Waals surface area contributed by atoms with Gasteiger partial charge in [0.05, 0.1) is 0 Å². The zero-order chi connectivity index (χ0) is 27.5. The van der Waals surface area contributed by atoms with Crippen molar-refractivity contribution in [3.63, 3.8) is 0 Å². The second-order valence-electron chi connectivity index (χ2n) is 12.3. The number of carbonyl (C=O) groups is 1. The third-order valence-electron chi connectivity index (χ3n) is 9.68. The van der Waals surface area contributed by atoms with Crippen molar-refractivity contribution in [2.75, 3.05) is 13.1 Å². The quantitative estimate of drug-likeness (QED) is 0.309. The summed E-state index contributed by atoms with van der Waals surface area (Å²) in [5.74, 6) is 2.42. The summed E-state index contributed by atoms with van der Waals surface area (Å²) in [6.45, 7) is 11.5. The fourth-order valence-corrected chi connectivity index (χ4v) is 6.82. The van der Waals surface area contributed by atoms with Gasteiger partial charge in [-0.2, -0.15) is 0 Å². The maximum Gasteiger partial charge on any atom is 0.156 e. The number of Topliss-reactive ketones (excluding diaryl/α,β-unsaturated/α-hetero) is 1. The summed E-state index contributed by atoms with van der Waals surface area (Å²) in [7, 11) is 0. The Balaban J connectivity index is 1.23. The van der Waals surface area contributed by atoms with Gasteiger partial charge in [-0.25, -0.2) is 4.39 Å². The first-order valence-electron chi connectivity index (χ1n) is 14.9. The van der Waals surface area contributed by atoms with Crippen LogP contribution in [0.5, 0.6) is 0 Å². The summed E-state index contributed by atoms with van der Waals surface area (Å²) in [6.07, 6.45) is 11.3. The minimum atomic E-state index is -0.0864. The molecule has 3 heteroatoms. The molecule has 2 nitrogen and oxygen atoms in total. The van der Waals surface area contributed by atoms with E-state index in [4.69, 9.17) is 0 Å². The summed E-state index contributed by atoms with van der Waals surface area (Å²) in [6, 6.07) is 16.0. The van der Waals surface area contributed by atoms with Crippen molar-refractivity contribution in [1.82, 2.24) is 4.90 Å². The number of allylic oxidation sites excluding steroid dienone is 6. The first-order chi connectivity index (χ1) is 18.8. The molecule has 3 atom stereocenters. The van der Waals surface area contributed by atoms with Crippen molar-refractivity contribution in [3.8, 4) is 0 Å². The van der Waals surface area contributed by atoms with E-state index in [9.17, 15) is 9.18 Å². The average molecular weight is 526 g/mol. The fourth-order valence-electron chi connectivity index (χ4n) is 6.82. The van der Waals surface area contributed by atoms with Gasteiger partial charge >= 0.3 is 0 Å². The molecule has 39 heavy (non-hydrogen) atoms. The van der Waals surface area contributed by atoms with Crippen molar-refractivity contribution < 1.29 is 9.18 Å². The molecule has 0 N–H and O–H groups in total. The molecule has 2 fully saturated rings. The van der Waals surface area contributed by atoms with Crippen LogP contribution in [-0.4, -0.2) is 23.8 Å². The number of rotatable bonds is 10. The molecule has 1 saturated heterocycles. The van der Waals surface area contributed by atoms with Crippen molar-refractivity contribution in [1.29, 1.82) is 0 Å². The van der Waals surface area contributed by atoms with Gasteiger partial charge < -0.3 is 0 Å². The number of likely N-dealkylation sites (tertiary alicyclic amines) is 1.